The molecule has 0 fully saturated rings. The Bertz CT molecular complexity index is 478. The molecule has 0 aliphatic rings. The molecule has 82 valence electrons. The van der Waals surface area contributed by atoms with Crippen molar-refractivity contribution in [2.45, 2.75) is 13.5 Å². The van der Waals surface area contributed by atoms with Crippen LogP contribution >= 0.6 is 0 Å². The highest BCUT2D eigenvalue weighted by molar-refractivity contribution is 5.35. The molecule has 0 heterocycles. The van der Waals surface area contributed by atoms with Gasteiger partial charge in [0.25, 0.3) is 0 Å². The van der Waals surface area contributed by atoms with E-state index < -0.39 is 0 Å². The molecule has 0 bridgehead atoms. The van der Waals surface area contributed by atoms with Gasteiger partial charge in [-0.05, 0) is 42.3 Å². The van der Waals surface area contributed by atoms with Crippen molar-refractivity contribution in [2.24, 2.45) is 0 Å². The normalized spacial score (nSPS) is 10.1. The minimum absolute atomic E-state index is 0.0328. The first-order valence-electron chi connectivity index (χ1n) is 5.22. The summed E-state index contributed by atoms with van der Waals surface area (Å²) >= 11 is 0. The molecule has 1 N–H and O–H groups in total. The van der Waals surface area contributed by atoms with Crippen LogP contribution in [-0.2, 0) is 6.61 Å². The molecule has 2 rings (SSSR count). The highest BCUT2D eigenvalue weighted by atomic mass is 16.5. The molecular formula is C14H14O2. The van der Waals surface area contributed by atoms with Gasteiger partial charge in [0.15, 0.2) is 0 Å². The molecule has 0 atom stereocenters. The first-order chi connectivity index (χ1) is 7.78. The van der Waals surface area contributed by atoms with Crippen molar-refractivity contribution in [1.82, 2.24) is 0 Å². The molecule has 2 nitrogen and oxygen atoms in total. The van der Waals surface area contributed by atoms with Crippen molar-refractivity contribution < 1.29 is 9.84 Å². The van der Waals surface area contributed by atoms with E-state index in [0.29, 0.717) is 0 Å². The number of aliphatic hydroxyl groups excluding tert-OH is 1. The second-order valence-electron chi connectivity index (χ2n) is 3.72. The van der Waals surface area contributed by atoms with Crippen molar-refractivity contribution in [2.75, 3.05) is 0 Å². The zero-order chi connectivity index (χ0) is 11.4. The Hall–Kier alpha value is -1.80. The quantitative estimate of drug-likeness (QED) is 0.849. The van der Waals surface area contributed by atoms with E-state index in [0.717, 1.165) is 22.6 Å². The van der Waals surface area contributed by atoms with Crippen LogP contribution in [-0.4, -0.2) is 5.11 Å². The first-order valence-corrected chi connectivity index (χ1v) is 5.22. The number of rotatable bonds is 3. The summed E-state index contributed by atoms with van der Waals surface area (Å²) in [6, 6.07) is 15.3. The van der Waals surface area contributed by atoms with Gasteiger partial charge in [0.2, 0.25) is 0 Å². The summed E-state index contributed by atoms with van der Waals surface area (Å²) in [5, 5.41) is 9.02. The van der Waals surface area contributed by atoms with E-state index in [9.17, 15) is 0 Å². The summed E-state index contributed by atoms with van der Waals surface area (Å²) in [6.07, 6.45) is 0. The fourth-order valence-corrected chi connectivity index (χ4v) is 1.52. The SMILES string of the molecule is Cc1cccc(Oc2cccc(CO)c2)c1. The summed E-state index contributed by atoms with van der Waals surface area (Å²) < 4.78 is 5.69. The van der Waals surface area contributed by atoms with E-state index in [4.69, 9.17) is 9.84 Å². The van der Waals surface area contributed by atoms with Crippen molar-refractivity contribution in [3.8, 4) is 11.5 Å². The van der Waals surface area contributed by atoms with Crippen molar-refractivity contribution in [3.05, 3.63) is 59.7 Å². The average molecular weight is 214 g/mol. The minimum atomic E-state index is 0.0328. The van der Waals surface area contributed by atoms with Crippen LogP contribution < -0.4 is 4.74 Å². The Morgan fingerprint density at radius 2 is 1.69 bits per heavy atom. The number of hydrogen-bond donors (Lipinski definition) is 1. The second kappa shape index (κ2) is 4.81. The van der Waals surface area contributed by atoms with Gasteiger partial charge in [0.1, 0.15) is 11.5 Å². The molecule has 0 unspecified atom stereocenters. The molecular weight excluding hydrogens is 200 g/mol. The predicted molar refractivity (Wildman–Crippen MR) is 63.6 cm³/mol. The number of aliphatic hydroxyl groups is 1. The maximum absolute atomic E-state index is 9.02. The van der Waals surface area contributed by atoms with Gasteiger partial charge in [0, 0.05) is 0 Å². The topological polar surface area (TPSA) is 29.5 Å². The molecule has 16 heavy (non-hydrogen) atoms. The maximum Gasteiger partial charge on any atom is 0.127 e. The largest absolute Gasteiger partial charge is 0.457 e. The third kappa shape index (κ3) is 2.61. The fourth-order valence-electron chi connectivity index (χ4n) is 1.52. The van der Waals surface area contributed by atoms with Crippen molar-refractivity contribution in [1.29, 1.82) is 0 Å². The van der Waals surface area contributed by atoms with Crippen LogP contribution in [0.2, 0.25) is 0 Å². The lowest BCUT2D eigenvalue weighted by Crippen LogP contribution is -1.87. The van der Waals surface area contributed by atoms with E-state index in [1.54, 1.807) is 0 Å². The Morgan fingerprint density at radius 3 is 2.38 bits per heavy atom. The Kier molecular flexibility index (Phi) is 3.22. The van der Waals surface area contributed by atoms with Gasteiger partial charge < -0.3 is 9.84 Å². The number of aryl methyl sites for hydroxylation is 1. The summed E-state index contributed by atoms with van der Waals surface area (Å²) in [7, 11) is 0. The Balaban J connectivity index is 2.20. The van der Waals surface area contributed by atoms with Crippen LogP contribution in [0.5, 0.6) is 11.5 Å². The zero-order valence-corrected chi connectivity index (χ0v) is 9.18. The molecule has 2 aromatic carbocycles. The zero-order valence-electron chi connectivity index (χ0n) is 9.18. The summed E-state index contributed by atoms with van der Waals surface area (Å²) in [4.78, 5) is 0. The molecule has 0 amide bonds. The first kappa shape index (κ1) is 10.7. The lowest BCUT2D eigenvalue weighted by molar-refractivity contribution is 0.281. The lowest BCUT2D eigenvalue weighted by atomic mass is 10.2. The smallest absolute Gasteiger partial charge is 0.127 e. The van der Waals surface area contributed by atoms with Crippen LogP contribution in [0, 0.1) is 6.92 Å². The van der Waals surface area contributed by atoms with Gasteiger partial charge in [-0.15, -0.1) is 0 Å². The van der Waals surface area contributed by atoms with Gasteiger partial charge >= 0.3 is 0 Å². The second-order valence-corrected chi connectivity index (χ2v) is 3.72. The summed E-state index contributed by atoms with van der Waals surface area (Å²) in [5.41, 5.74) is 2.01. The van der Waals surface area contributed by atoms with Gasteiger partial charge in [-0.25, -0.2) is 0 Å². The number of benzene rings is 2. The van der Waals surface area contributed by atoms with Gasteiger partial charge in [-0.3, -0.25) is 0 Å². The molecule has 0 aliphatic heterocycles. The monoisotopic (exact) mass is 214 g/mol. The van der Waals surface area contributed by atoms with Crippen LogP contribution in [0.25, 0.3) is 0 Å². The Labute approximate surface area is 95.1 Å². The van der Waals surface area contributed by atoms with E-state index in [1.807, 2.05) is 55.5 Å². The molecule has 2 aromatic rings. The molecule has 0 saturated carbocycles. The Morgan fingerprint density at radius 1 is 1.00 bits per heavy atom. The average Bonchev–Trinajstić information content (AvgIpc) is 2.29. The standard InChI is InChI=1S/C14H14O2/c1-11-4-2-6-13(8-11)16-14-7-3-5-12(9-14)10-15/h2-9,15H,10H2,1H3. The predicted octanol–water partition coefficient (Wildman–Crippen LogP) is 3.28. The van der Waals surface area contributed by atoms with Crippen LogP contribution in [0.15, 0.2) is 48.5 Å². The molecule has 2 heteroatoms. The molecule has 0 spiro atoms. The highest BCUT2D eigenvalue weighted by Gasteiger charge is 1.98. The van der Waals surface area contributed by atoms with Crippen LogP contribution in [0.4, 0.5) is 0 Å². The van der Waals surface area contributed by atoms with E-state index in [2.05, 4.69) is 0 Å². The fraction of sp³-hybridized carbons (Fsp3) is 0.143. The van der Waals surface area contributed by atoms with E-state index in [-0.39, 0.29) is 6.61 Å². The highest BCUT2D eigenvalue weighted by Crippen LogP contribution is 2.22. The number of hydrogen-bond acceptors (Lipinski definition) is 2. The van der Waals surface area contributed by atoms with Gasteiger partial charge in [-0.2, -0.15) is 0 Å². The summed E-state index contributed by atoms with van der Waals surface area (Å²) in [6.45, 7) is 2.06. The molecule has 0 saturated heterocycles. The summed E-state index contributed by atoms with van der Waals surface area (Å²) in [5.74, 6) is 1.56. The van der Waals surface area contributed by atoms with E-state index in [1.165, 1.54) is 0 Å². The minimum Gasteiger partial charge on any atom is -0.457 e. The lowest BCUT2D eigenvalue weighted by Gasteiger charge is -2.07. The maximum atomic E-state index is 9.02. The van der Waals surface area contributed by atoms with Gasteiger partial charge in [-0.1, -0.05) is 24.3 Å². The van der Waals surface area contributed by atoms with Gasteiger partial charge in [0.05, 0.1) is 6.61 Å². The molecule has 0 aliphatic carbocycles. The van der Waals surface area contributed by atoms with Crippen LogP contribution in [0.3, 0.4) is 0 Å². The third-order valence-corrected chi connectivity index (χ3v) is 2.31. The van der Waals surface area contributed by atoms with Crippen molar-refractivity contribution in [3.63, 3.8) is 0 Å². The molecule has 0 radical (unpaired) electrons. The van der Waals surface area contributed by atoms with Crippen LogP contribution in [0.1, 0.15) is 11.1 Å². The molecule has 0 aromatic heterocycles. The van der Waals surface area contributed by atoms with Crippen molar-refractivity contribution >= 4 is 0 Å². The third-order valence-electron chi connectivity index (χ3n) is 2.31. The number of ether oxygens (including phenoxy) is 1. The van der Waals surface area contributed by atoms with E-state index >= 15 is 0 Å².